The topological polar surface area (TPSA) is 9.23 Å². The van der Waals surface area contributed by atoms with Gasteiger partial charge in [0, 0.05) is 0 Å². The van der Waals surface area contributed by atoms with Crippen LogP contribution in [0, 0.1) is 11.8 Å². The summed E-state index contributed by atoms with van der Waals surface area (Å²) in [6, 6.07) is 0. The summed E-state index contributed by atoms with van der Waals surface area (Å²) in [5.74, 6) is 1.71. The number of hydrogen-bond donors (Lipinski definition) is 0. The fourth-order valence-electron chi connectivity index (χ4n) is 3.12. The summed E-state index contributed by atoms with van der Waals surface area (Å²) in [4.78, 5) is 0. The summed E-state index contributed by atoms with van der Waals surface area (Å²) in [7, 11) is 0. The molecule has 0 radical (unpaired) electrons. The van der Waals surface area contributed by atoms with E-state index < -0.39 is 0 Å². The summed E-state index contributed by atoms with van der Waals surface area (Å²) in [6.45, 7) is 5.56. The van der Waals surface area contributed by atoms with E-state index in [1.165, 1.54) is 38.5 Å². The normalized spacial score (nSPS) is 37.1. The van der Waals surface area contributed by atoms with Gasteiger partial charge in [-0.3, -0.25) is 0 Å². The van der Waals surface area contributed by atoms with Gasteiger partial charge in [-0.25, -0.2) is 0 Å². The second kappa shape index (κ2) is 4.69. The van der Waals surface area contributed by atoms with Crippen molar-refractivity contribution in [3.8, 4) is 0 Å². The average molecular weight is 208 g/mol. The van der Waals surface area contributed by atoms with E-state index in [4.69, 9.17) is 4.74 Å². The van der Waals surface area contributed by atoms with Crippen LogP contribution in [0.15, 0.2) is 12.2 Å². The van der Waals surface area contributed by atoms with Gasteiger partial charge in [-0.05, 0) is 43.9 Å². The van der Waals surface area contributed by atoms with Crippen molar-refractivity contribution in [1.82, 2.24) is 0 Å². The number of ether oxygens (including phenoxy) is 1. The summed E-state index contributed by atoms with van der Waals surface area (Å²) >= 11 is 0. The van der Waals surface area contributed by atoms with Crippen LogP contribution in [0.1, 0.15) is 52.4 Å². The molecule has 2 rings (SSSR count). The van der Waals surface area contributed by atoms with Crippen LogP contribution in [0.4, 0.5) is 0 Å². The molecule has 0 aromatic carbocycles. The first-order valence-electron chi connectivity index (χ1n) is 6.51. The first-order valence-corrected chi connectivity index (χ1v) is 6.51. The Morgan fingerprint density at radius 2 is 2.13 bits per heavy atom. The molecule has 1 heterocycles. The molecule has 0 aromatic rings. The Kier molecular flexibility index (Phi) is 3.50. The quantitative estimate of drug-likeness (QED) is 0.593. The van der Waals surface area contributed by atoms with Gasteiger partial charge in [0.2, 0.25) is 0 Å². The Labute approximate surface area is 93.9 Å². The lowest BCUT2D eigenvalue weighted by molar-refractivity contribution is -0.0789. The molecule has 1 aliphatic carbocycles. The molecule has 0 N–H and O–H groups in total. The zero-order chi connectivity index (χ0) is 10.7. The maximum absolute atomic E-state index is 6.12. The number of rotatable bonds is 1. The van der Waals surface area contributed by atoms with Crippen molar-refractivity contribution in [2.24, 2.45) is 11.8 Å². The molecule has 2 aliphatic rings. The fraction of sp³-hybridized carbons (Fsp3) is 0.857. The molecular formula is C14H24O. The number of allylic oxidation sites excluding steroid dienone is 1. The highest BCUT2D eigenvalue weighted by molar-refractivity contribution is 4.96. The summed E-state index contributed by atoms with van der Waals surface area (Å²) < 4.78 is 6.12. The van der Waals surface area contributed by atoms with E-state index in [-0.39, 0.29) is 5.60 Å². The van der Waals surface area contributed by atoms with E-state index in [2.05, 4.69) is 26.0 Å². The van der Waals surface area contributed by atoms with E-state index in [1.807, 2.05) is 0 Å². The highest BCUT2D eigenvalue weighted by atomic mass is 16.5. The van der Waals surface area contributed by atoms with Crippen molar-refractivity contribution in [2.45, 2.75) is 58.0 Å². The minimum Gasteiger partial charge on any atom is -0.371 e. The Hall–Kier alpha value is -0.300. The molecule has 2 atom stereocenters. The van der Waals surface area contributed by atoms with Crippen LogP contribution < -0.4 is 0 Å². The van der Waals surface area contributed by atoms with E-state index >= 15 is 0 Å². The van der Waals surface area contributed by atoms with Crippen LogP contribution >= 0.6 is 0 Å². The summed E-state index contributed by atoms with van der Waals surface area (Å²) in [5, 5.41) is 0. The highest BCUT2D eigenvalue weighted by Crippen LogP contribution is 2.42. The van der Waals surface area contributed by atoms with Gasteiger partial charge in [0.25, 0.3) is 0 Å². The summed E-state index contributed by atoms with van der Waals surface area (Å²) in [6.07, 6.45) is 12.3. The van der Waals surface area contributed by atoms with Crippen molar-refractivity contribution in [1.29, 1.82) is 0 Å². The van der Waals surface area contributed by atoms with E-state index in [9.17, 15) is 0 Å². The van der Waals surface area contributed by atoms with Gasteiger partial charge in [-0.15, -0.1) is 0 Å². The molecule has 0 saturated heterocycles. The largest absolute Gasteiger partial charge is 0.371 e. The van der Waals surface area contributed by atoms with Crippen LogP contribution in [-0.4, -0.2) is 12.2 Å². The smallest absolute Gasteiger partial charge is 0.0692 e. The second-order valence-corrected chi connectivity index (χ2v) is 5.60. The molecule has 1 fully saturated rings. The molecule has 1 heteroatoms. The minimum absolute atomic E-state index is 0.233. The SMILES string of the molecule is CC(C)[C@H]1CCC[C@@]2(CCC=CCO2)C1. The van der Waals surface area contributed by atoms with Gasteiger partial charge in [0.15, 0.2) is 0 Å². The van der Waals surface area contributed by atoms with Gasteiger partial charge >= 0.3 is 0 Å². The minimum atomic E-state index is 0.233. The van der Waals surface area contributed by atoms with Crippen LogP contribution in [0.2, 0.25) is 0 Å². The van der Waals surface area contributed by atoms with Gasteiger partial charge in [0.1, 0.15) is 0 Å². The average Bonchev–Trinajstić information content (AvgIpc) is 2.44. The predicted octanol–water partition coefficient (Wildman–Crippen LogP) is 3.94. The Morgan fingerprint density at radius 1 is 1.27 bits per heavy atom. The third-order valence-electron chi connectivity index (χ3n) is 4.20. The van der Waals surface area contributed by atoms with Gasteiger partial charge in [0.05, 0.1) is 12.2 Å². The maximum atomic E-state index is 6.12. The Morgan fingerprint density at radius 3 is 2.93 bits per heavy atom. The van der Waals surface area contributed by atoms with Crippen LogP contribution in [0.3, 0.4) is 0 Å². The zero-order valence-corrected chi connectivity index (χ0v) is 10.2. The standard InChI is InChI=1S/C14H24O/c1-12(2)13-7-6-9-14(11-13)8-4-3-5-10-15-14/h3,5,12-13H,4,6-11H2,1-2H3/t13-,14-/m0/s1. The molecular weight excluding hydrogens is 184 g/mol. The zero-order valence-electron chi connectivity index (χ0n) is 10.2. The first kappa shape index (κ1) is 11.2. The van der Waals surface area contributed by atoms with Gasteiger partial charge in [-0.1, -0.05) is 32.4 Å². The molecule has 1 spiro atoms. The molecule has 1 saturated carbocycles. The van der Waals surface area contributed by atoms with Gasteiger partial charge < -0.3 is 4.74 Å². The lowest BCUT2D eigenvalue weighted by Gasteiger charge is -2.41. The van der Waals surface area contributed by atoms with Crippen molar-refractivity contribution in [3.63, 3.8) is 0 Å². The van der Waals surface area contributed by atoms with Gasteiger partial charge in [-0.2, -0.15) is 0 Å². The molecule has 1 aliphatic heterocycles. The maximum Gasteiger partial charge on any atom is 0.0692 e. The Balaban J connectivity index is 2.01. The van der Waals surface area contributed by atoms with Crippen LogP contribution in [-0.2, 0) is 4.74 Å². The van der Waals surface area contributed by atoms with E-state index in [0.717, 1.165) is 18.4 Å². The van der Waals surface area contributed by atoms with E-state index in [0.29, 0.717) is 0 Å². The lowest BCUT2D eigenvalue weighted by Crippen LogP contribution is -2.39. The third kappa shape index (κ3) is 2.63. The molecule has 86 valence electrons. The van der Waals surface area contributed by atoms with E-state index in [1.54, 1.807) is 0 Å². The molecule has 0 amide bonds. The fourth-order valence-corrected chi connectivity index (χ4v) is 3.12. The first-order chi connectivity index (χ1) is 7.22. The van der Waals surface area contributed by atoms with Crippen molar-refractivity contribution in [3.05, 3.63) is 12.2 Å². The third-order valence-corrected chi connectivity index (χ3v) is 4.20. The number of hydrogen-bond acceptors (Lipinski definition) is 1. The van der Waals surface area contributed by atoms with Crippen molar-refractivity contribution >= 4 is 0 Å². The van der Waals surface area contributed by atoms with Crippen molar-refractivity contribution in [2.75, 3.05) is 6.61 Å². The molecule has 0 bridgehead atoms. The molecule has 0 aromatic heterocycles. The second-order valence-electron chi connectivity index (χ2n) is 5.60. The molecule has 0 unspecified atom stereocenters. The predicted molar refractivity (Wildman–Crippen MR) is 63.9 cm³/mol. The van der Waals surface area contributed by atoms with Crippen molar-refractivity contribution < 1.29 is 4.74 Å². The monoisotopic (exact) mass is 208 g/mol. The molecule has 15 heavy (non-hydrogen) atoms. The lowest BCUT2D eigenvalue weighted by atomic mass is 9.72. The Bertz CT molecular complexity index is 219. The summed E-state index contributed by atoms with van der Waals surface area (Å²) in [5.41, 5.74) is 0.233. The van der Waals surface area contributed by atoms with Crippen LogP contribution in [0.5, 0.6) is 0 Å². The highest BCUT2D eigenvalue weighted by Gasteiger charge is 2.37. The van der Waals surface area contributed by atoms with Crippen LogP contribution in [0.25, 0.3) is 0 Å². The molecule has 1 nitrogen and oxygen atoms in total.